The molecule has 0 amide bonds. The maximum absolute atomic E-state index is 15.6. The molecule has 2 aromatic heterocycles. The van der Waals surface area contributed by atoms with Crippen LogP contribution in [-0.2, 0) is 20.2 Å². The van der Waals surface area contributed by atoms with Gasteiger partial charge < -0.3 is 14.7 Å². The first-order chi connectivity index (χ1) is 17.3. The highest BCUT2D eigenvalue weighted by atomic mass is 19.1. The van der Waals surface area contributed by atoms with E-state index < -0.39 is 18.2 Å². The summed E-state index contributed by atoms with van der Waals surface area (Å²) < 4.78 is 38.1. The molecule has 7 nitrogen and oxygen atoms in total. The van der Waals surface area contributed by atoms with Crippen molar-refractivity contribution in [2.24, 2.45) is 7.05 Å². The lowest BCUT2D eigenvalue weighted by Gasteiger charge is -2.28. The molecule has 1 N–H and O–H groups in total. The molecule has 3 heterocycles. The number of rotatable bonds is 5. The molecule has 0 bridgehead atoms. The molecule has 0 unspecified atom stereocenters. The Morgan fingerprint density at radius 3 is 2.56 bits per heavy atom. The number of hydrogen-bond acceptors (Lipinski definition) is 6. The van der Waals surface area contributed by atoms with Crippen molar-refractivity contribution in [2.75, 3.05) is 25.1 Å². The van der Waals surface area contributed by atoms with E-state index in [1.165, 1.54) is 13.2 Å². The highest BCUT2D eigenvalue weighted by Gasteiger charge is 2.30. The predicted molar refractivity (Wildman–Crippen MR) is 135 cm³/mol. The Balaban J connectivity index is 1.76. The highest BCUT2D eigenvalue weighted by molar-refractivity contribution is 5.92. The van der Waals surface area contributed by atoms with Crippen LogP contribution in [0.3, 0.4) is 0 Å². The van der Waals surface area contributed by atoms with Crippen LogP contribution in [0.25, 0.3) is 22.0 Å². The number of hydrogen-bond donors (Lipinski definition) is 1. The minimum atomic E-state index is -0.793. The van der Waals surface area contributed by atoms with E-state index in [4.69, 9.17) is 4.74 Å². The summed E-state index contributed by atoms with van der Waals surface area (Å²) in [6.45, 7) is 5.20. The number of nitrogens with zero attached hydrogens (tertiary/aromatic N) is 5. The fraction of sp³-hybridized carbons (Fsp3) is 0.333. The molecule has 0 saturated heterocycles. The maximum Gasteiger partial charge on any atom is 0.191 e. The number of pyridine rings is 1. The van der Waals surface area contributed by atoms with Gasteiger partial charge in [-0.05, 0) is 43.7 Å². The van der Waals surface area contributed by atoms with E-state index in [2.05, 4.69) is 34.9 Å². The zero-order chi connectivity index (χ0) is 25.6. The molecule has 0 fully saturated rings. The fourth-order valence-corrected chi connectivity index (χ4v) is 4.85. The molecule has 188 valence electrons. The van der Waals surface area contributed by atoms with Crippen molar-refractivity contribution in [2.45, 2.75) is 33.0 Å². The van der Waals surface area contributed by atoms with Gasteiger partial charge in [0.05, 0.1) is 25.4 Å². The number of halogens is 2. The first-order valence-corrected chi connectivity index (χ1v) is 11.9. The predicted octanol–water partition coefficient (Wildman–Crippen LogP) is 4.78. The third kappa shape index (κ3) is 4.08. The Hall–Kier alpha value is -3.56. The minimum absolute atomic E-state index is 0.0175. The van der Waals surface area contributed by atoms with Gasteiger partial charge in [-0.25, -0.2) is 8.78 Å². The van der Waals surface area contributed by atoms with Gasteiger partial charge in [0.1, 0.15) is 5.69 Å². The van der Waals surface area contributed by atoms with Crippen molar-refractivity contribution >= 4 is 22.3 Å². The van der Waals surface area contributed by atoms with Crippen LogP contribution in [0.2, 0.25) is 0 Å². The Bertz CT molecular complexity index is 1410. The smallest absolute Gasteiger partial charge is 0.191 e. The lowest BCUT2D eigenvalue weighted by atomic mass is 10.0. The second-order valence-electron chi connectivity index (χ2n) is 9.35. The van der Waals surface area contributed by atoms with Crippen molar-refractivity contribution in [1.29, 1.82) is 0 Å². The number of anilines is 2. The van der Waals surface area contributed by atoms with Gasteiger partial charge in [0.2, 0.25) is 0 Å². The molecule has 36 heavy (non-hydrogen) atoms. The van der Waals surface area contributed by atoms with E-state index in [0.29, 0.717) is 25.3 Å². The number of aryl methyl sites for hydroxylation is 1. The fourth-order valence-electron chi connectivity index (χ4n) is 4.85. The van der Waals surface area contributed by atoms with Crippen LogP contribution in [-0.4, -0.2) is 51.0 Å². The molecule has 1 aliphatic heterocycles. The van der Waals surface area contributed by atoms with Gasteiger partial charge in [-0.1, -0.05) is 0 Å². The van der Waals surface area contributed by atoms with E-state index >= 15 is 8.78 Å². The Morgan fingerprint density at radius 2 is 1.89 bits per heavy atom. The highest BCUT2D eigenvalue weighted by Crippen LogP contribution is 2.42. The van der Waals surface area contributed by atoms with Crippen LogP contribution in [0.4, 0.5) is 20.2 Å². The maximum atomic E-state index is 15.6. The lowest BCUT2D eigenvalue weighted by molar-refractivity contribution is 0.224. The van der Waals surface area contributed by atoms with Crippen molar-refractivity contribution in [3.63, 3.8) is 0 Å². The zero-order valence-corrected chi connectivity index (χ0v) is 20.8. The second kappa shape index (κ2) is 9.48. The second-order valence-corrected chi connectivity index (χ2v) is 9.35. The standard InChI is InChI=1S/C27H29F2N5O2/c1-16(2)33-7-8-34(27-25(28)18(15-35)10-24(36-4)26(27)29)23-6-5-22-20(21(23)14-33)9-17(11-30-22)19-12-31-32(3)13-19/h5-6,9-13,16,35H,7-8,14-15H2,1-4H3. The number of aliphatic hydroxyl groups is 1. The van der Waals surface area contributed by atoms with Crippen molar-refractivity contribution < 1.29 is 18.6 Å². The molecule has 0 aliphatic carbocycles. The number of ether oxygens (including phenoxy) is 1. The van der Waals surface area contributed by atoms with Crippen molar-refractivity contribution in [1.82, 2.24) is 19.7 Å². The quantitative estimate of drug-likeness (QED) is 0.432. The van der Waals surface area contributed by atoms with Gasteiger partial charge in [-0.15, -0.1) is 0 Å². The molecule has 2 aromatic carbocycles. The Kier molecular flexibility index (Phi) is 6.36. The largest absolute Gasteiger partial charge is 0.494 e. The summed E-state index contributed by atoms with van der Waals surface area (Å²) in [5, 5.41) is 14.9. The third-order valence-corrected chi connectivity index (χ3v) is 6.86. The van der Waals surface area contributed by atoms with E-state index in [9.17, 15) is 5.11 Å². The number of aliphatic hydroxyl groups excluding tert-OH is 1. The van der Waals surface area contributed by atoms with Crippen LogP contribution in [0.15, 0.2) is 42.9 Å². The third-order valence-electron chi connectivity index (χ3n) is 6.86. The van der Waals surface area contributed by atoms with Crippen molar-refractivity contribution in [3.8, 4) is 16.9 Å². The average molecular weight is 494 g/mol. The SMILES string of the molecule is COc1cc(CO)c(F)c(N2CCN(C(C)C)Cc3c2ccc2ncc(-c4cnn(C)c4)cc32)c1F. The topological polar surface area (TPSA) is 66.7 Å². The van der Waals surface area contributed by atoms with Gasteiger partial charge in [-0.3, -0.25) is 14.6 Å². The molecule has 5 rings (SSSR count). The molecule has 0 radical (unpaired) electrons. The monoisotopic (exact) mass is 493 g/mol. The Labute approximate surface area is 208 Å². The first-order valence-electron chi connectivity index (χ1n) is 11.9. The summed E-state index contributed by atoms with van der Waals surface area (Å²) in [5.41, 5.74) is 4.05. The first kappa shape index (κ1) is 24.1. The van der Waals surface area contributed by atoms with Gasteiger partial charge in [0, 0.05) is 72.9 Å². The number of fused-ring (bicyclic) bond motifs is 3. The van der Waals surface area contributed by atoms with Crippen LogP contribution in [0.1, 0.15) is 25.0 Å². The average Bonchev–Trinajstić information content (AvgIpc) is 3.21. The summed E-state index contributed by atoms with van der Waals surface area (Å²) in [4.78, 5) is 8.63. The van der Waals surface area contributed by atoms with E-state index in [1.807, 2.05) is 31.6 Å². The molecular formula is C27H29F2N5O2. The Morgan fingerprint density at radius 1 is 1.08 bits per heavy atom. The summed E-state index contributed by atoms with van der Waals surface area (Å²) >= 11 is 0. The van der Waals surface area contributed by atoms with Gasteiger partial charge >= 0.3 is 0 Å². The summed E-state index contributed by atoms with van der Waals surface area (Å²) in [7, 11) is 3.19. The van der Waals surface area contributed by atoms with Crippen LogP contribution >= 0.6 is 0 Å². The van der Waals surface area contributed by atoms with E-state index in [-0.39, 0.29) is 23.0 Å². The van der Waals surface area contributed by atoms with Crippen LogP contribution < -0.4 is 9.64 Å². The van der Waals surface area contributed by atoms with E-state index in [0.717, 1.165) is 27.6 Å². The van der Waals surface area contributed by atoms with Gasteiger partial charge in [-0.2, -0.15) is 5.10 Å². The zero-order valence-electron chi connectivity index (χ0n) is 20.8. The molecule has 0 atom stereocenters. The molecule has 4 aromatic rings. The van der Waals surface area contributed by atoms with Crippen LogP contribution in [0.5, 0.6) is 5.75 Å². The van der Waals surface area contributed by atoms with Gasteiger partial charge in [0.15, 0.2) is 17.4 Å². The number of aromatic nitrogens is 3. The molecular weight excluding hydrogens is 464 g/mol. The molecule has 0 saturated carbocycles. The van der Waals surface area contributed by atoms with Crippen LogP contribution in [0, 0.1) is 11.6 Å². The summed E-state index contributed by atoms with van der Waals surface area (Å²) in [6, 6.07) is 7.24. The number of benzene rings is 2. The van der Waals surface area contributed by atoms with Crippen molar-refractivity contribution in [3.05, 3.63) is 65.6 Å². The summed E-state index contributed by atoms with van der Waals surface area (Å²) in [5.74, 6) is -1.69. The minimum Gasteiger partial charge on any atom is -0.494 e. The lowest BCUT2D eigenvalue weighted by Crippen LogP contribution is -2.34. The van der Waals surface area contributed by atoms with Gasteiger partial charge in [0.25, 0.3) is 0 Å². The molecule has 0 spiro atoms. The van der Waals surface area contributed by atoms with E-state index in [1.54, 1.807) is 15.8 Å². The summed E-state index contributed by atoms with van der Waals surface area (Å²) in [6.07, 6.45) is 5.53. The normalized spacial score (nSPS) is 14.4. The molecule has 1 aliphatic rings. The molecule has 9 heteroatoms. The number of methoxy groups -OCH3 is 1.